The lowest BCUT2D eigenvalue weighted by Gasteiger charge is -2.16. The van der Waals surface area contributed by atoms with Gasteiger partial charge in [0.2, 0.25) is 0 Å². The fourth-order valence-electron chi connectivity index (χ4n) is 2.33. The lowest BCUT2D eigenvalue weighted by molar-refractivity contribution is 0.647. The van der Waals surface area contributed by atoms with Crippen molar-refractivity contribution in [3.63, 3.8) is 0 Å². The summed E-state index contributed by atoms with van der Waals surface area (Å²) in [6.07, 6.45) is 1.82. The van der Waals surface area contributed by atoms with Crippen LogP contribution in [0, 0.1) is 13.8 Å². The van der Waals surface area contributed by atoms with Crippen molar-refractivity contribution in [3.05, 3.63) is 69.7 Å². The Morgan fingerprint density at radius 2 is 1.84 bits per heavy atom. The number of hydrogen-bond donors (Lipinski definition) is 1. The van der Waals surface area contributed by atoms with Gasteiger partial charge in [0, 0.05) is 11.1 Å². The predicted octanol–water partition coefficient (Wildman–Crippen LogP) is 4.59. The quantitative estimate of drug-likeness (QED) is 0.866. The zero-order valence-electron chi connectivity index (χ0n) is 11.5. The Morgan fingerprint density at radius 1 is 1.11 bits per heavy atom. The van der Waals surface area contributed by atoms with Crippen LogP contribution in [0.5, 0.6) is 0 Å². The highest BCUT2D eigenvalue weighted by Crippen LogP contribution is 2.24. The van der Waals surface area contributed by atoms with Gasteiger partial charge in [-0.3, -0.25) is 0 Å². The summed E-state index contributed by atoms with van der Waals surface area (Å²) < 4.78 is 0. The van der Waals surface area contributed by atoms with E-state index in [0.717, 1.165) is 17.9 Å². The van der Waals surface area contributed by atoms with Crippen LogP contribution in [0.2, 0.25) is 5.02 Å². The largest absolute Gasteiger partial charge is 0.324 e. The van der Waals surface area contributed by atoms with Crippen LogP contribution in [0.25, 0.3) is 0 Å². The summed E-state index contributed by atoms with van der Waals surface area (Å²) in [5.74, 6) is 0. The Hall–Kier alpha value is -1.31. The molecule has 19 heavy (non-hydrogen) atoms. The van der Waals surface area contributed by atoms with Gasteiger partial charge in [0.25, 0.3) is 0 Å². The van der Waals surface area contributed by atoms with E-state index in [4.69, 9.17) is 17.3 Å². The van der Waals surface area contributed by atoms with Crippen molar-refractivity contribution in [2.24, 2.45) is 5.73 Å². The number of halogens is 1. The Kier molecular flexibility index (Phi) is 4.62. The van der Waals surface area contributed by atoms with Crippen LogP contribution in [0.3, 0.4) is 0 Å². The summed E-state index contributed by atoms with van der Waals surface area (Å²) in [7, 11) is 0. The van der Waals surface area contributed by atoms with Crippen molar-refractivity contribution < 1.29 is 0 Å². The molecule has 1 unspecified atom stereocenters. The standard InChI is InChI=1S/C17H20ClN/c1-12-7-8-13(2)15(11-12)17(19)10-9-14-5-3-4-6-16(14)18/h3-8,11,17H,9-10,19H2,1-2H3. The second-order valence-corrected chi connectivity index (χ2v) is 5.50. The highest BCUT2D eigenvalue weighted by molar-refractivity contribution is 6.31. The molecule has 0 radical (unpaired) electrons. The molecule has 0 aliphatic heterocycles. The predicted molar refractivity (Wildman–Crippen MR) is 82.6 cm³/mol. The fraction of sp³-hybridized carbons (Fsp3) is 0.294. The van der Waals surface area contributed by atoms with Gasteiger partial charge < -0.3 is 5.73 Å². The lowest BCUT2D eigenvalue weighted by Crippen LogP contribution is -2.13. The molecule has 2 aromatic rings. The minimum absolute atomic E-state index is 0.0659. The highest BCUT2D eigenvalue weighted by Gasteiger charge is 2.10. The second-order valence-electron chi connectivity index (χ2n) is 5.10. The molecule has 0 fully saturated rings. The summed E-state index contributed by atoms with van der Waals surface area (Å²) in [6.45, 7) is 4.22. The molecular weight excluding hydrogens is 254 g/mol. The smallest absolute Gasteiger partial charge is 0.0437 e. The lowest BCUT2D eigenvalue weighted by atomic mass is 9.95. The van der Waals surface area contributed by atoms with Gasteiger partial charge in [-0.1, -0.05) is 53.6 Å². The maximum Gasteiger partial charge on any atom is 0.0437 e. The SMILES string of the molecule is Cc1ccc(C)c(C(N)CCc2ccccc2Cl)c1. The van der Waals surface area contributed by atoms with Crippen LogP contribution in [0.15, 0.2) is 42.5 Å². The highest BCUT2D eigenvalue weighted by atomic mass is 35.5. The first-order valence-corrected chi connectivity index (χ1v) is 7.02. The number of aryl methyl sites for hydroxylation is 3. The van der Waals surface area contributed by atoms with Crippen LogP contribution < -0.4 is 5.73 Å². The third-order valence-electron chi connectivity index (χ3n) is 3.52. The minimum Gasteiger partial charge on any atom is -0.324 e. The molecule has 2 aromatic carbocycles. The maximum atomic E-state index is 6.32. The van der Waals surface area contributed by atoms with E-state index >= 15 is 0 Å². The molecule has 100 valence electrons. The minimum atomic E-state index is 0.0659. The van der Waals surface area contributed by atoms with Crippen molar-refractivity contribution in [2.45, 2.75) is 32.7 Å². The number of benzene rings is 2. The molecule has 2 N–H and O–H groups in total. The average Bonchev–Trinajstić information content (AvgIpc) is 2.40. The summed E-state index contributed by atoms with van der Waals surface area (Å²) in [6, 6.07) is 14.5. The Morgan fingerprint density at radius 3 is 2.58 bits per heavy atom. The van der Waals surface area contributed by atoms with Crippen LogP contribution >= 0.6 is 11.6 Å². The number of hydrogen-bond acceptors (Lipinski definition) is 1. The van der Waals surface area contributed by atoms with Crippen molar-refractivity contribution in [3.8, 4) is 0 Å². The van der Waals surface area contributed by atoms with Crippen molar-refractivity contribution in [1.82, 2.24) is 0 Å². The molecule has 2 rings (SSSR count). The van der Waals surface area contributed by atoms with E-state index in [9.17, 15) is 0 Å². The van der Waals surface area contributed by atoms with Gasteiger partial charge in [-0.05, 0) is 49.4 Å². The third kappa shape index (κ3) is 3.59. The molecule has 0 saturated heterocycles. The van der Waals surface area contributed by atoms with Gasteiger partial charge in [-0.25, -0.2) is 0 Å². The normalized spacial score (nSPS) is 12.4. The average molecular weight is 274 g/mol. The van der Waals surface area contributed by atoms with Gasteiger partial charge in [-0.15, -0.1) is 0 Å². The van der Waals surface area contributed by atoms with Gasteiger partial charge >= 0.3 is 0 Å². The topological polar surface area (TPSA) is 26.0 Å². The number of rotatable bonds is 4. The van der Waals surface area contributed by atoms with Gasteiger partial charge in [0.05, 0.1) is 0 Å². The van der Waals surface area contributed by atoms with Crippen molar-refractivity contribution >= 4 is 11.6 Å². The van der Waals surface area contributed by atoms with Gasteiger partial charge in [0.15, 0.2) is 0 Å². The van der Waals surface area contributed by atoms with E-state index in [1.54, 1.807) is 0 Å². The first-order chi connectivity index (χ1) is 9.08. The van der Waals surface area contributed by atoms with E-state index < -0.39 is 0 Å². The van der Waals surface area contributed by atoms with Crippen LogP contribution in [-0.2, 0) is 6.42 Å². The van der Waals surface area contributed by atoms with E-state index in [-0.39, 0.29) is 6.04 Å². The van der Waals surface area contributed by atoms with Crippen molar-refractivity contribution in [1.29, 1.82) is 0 Å². The van der Waals surface area contributed by atoms with Crippen LogP contribution in [-0.4, -0.2) is 0 Å². The van der Waals surface area contributed by atoms with E-state index in [1.807, 2.05) is 18.2 Å². The third-order valence-corrected chi connectivity index (χ3v) is 3.89. The van der Waals surface area contributed by atoms with Crippen molar-refractivity contribution in [2.75, 3.05) is 0 Å². The van der Waals surface area contributed by atoms with E-state index in [2.05, 4.69) is 38.1 Å². The summed E-state index contributed by atoms with van der Waals surface area (Å²) in [4.78, 5) is 0. The molecule has 1 atom stereocenters. The molecule has 0 saturated carbocycles. The molecule has 2 heteroatoms. The summed E-state index contributed by atoms with van der Waals surface area (Å²) >= 11 is 6.17. The maximum absolute atomic E-state index is 6.32. The fourth-order valence-corrected chi connectivity index (χ4v) is 2.56. The molecule has 0 spiro atoms. The molecule has 0 amide bonds. The summed E-state index contributed by atoms with van der Waals surface area (Å²) in [5, 5.41) is 0.829. The molecular formula is C17H20ClN. The molecule has 0 aliphatic carbocycles. The van der Waals surface area contributed by atoms with E-state index in [0.29, 0.717) is 0 Å². The molecule has 0 heterocycles. The summed E-state index contributed by atoms with van der Waals surface area (Å²) in [5.41, 5.74) is 11.3. The van der Waals surface area contributed by atoms with Crippen LogP contribution in [0.4, 0.5) is 0 Å². The monoisotopic (exact) mass is 273 g/mol. The zero-order valence-corrected chi connectivity index (χ0v) is 12.2. The first-order valence-electron chi connectivity index (χ1n) is 6.64. The van der Waals surface area contributed by atoms with Gasteiger partial charge in [-0.2, -0.15) is 0 Å². The molecule has 1 nitrogen and oxygen atoms in total. The molecule has 0 aliphatic rings. The van der Waals surface area contributed by atoms with Crippen LogP contribution in [0.1, 0.15) is 34.7 Å². The Labute approximate surface area is 120 Å². The van der Waals surface area contributed by atoms with Gasteiger partial charge in [0.1, 0.15) is 0 Å². The second kappa shape index (κ2) is 6.23. The molecule has 0 aromatic heterocycles. The van der Waals surface area contributed by atoms with E-state index in [1.165, 1.54) is 22.3 Å². The first kappa shape index (κ1) is 14.1. The zero-order chi connectivity index (χ0) is 13.8. The Bertz CT molecular complexity index is 563. The Balaban J connectivity index is 2.07. The number of nitrogens with two attached hydrogens (primary N) is 1. The molecule has 0 bridgehead atoms.